The number of amides is 3. The topological polar surface area (TPSA) is 108 Å². The molecule has 3 rings (SSSR count). The Hall–Kier alpha value is -4.66. The van der Waals surface area contributed by atoms with E-state index in [4.69, 9.17) is 4.74 Å². The van der Waals surface area contributed by atoms with Gasteiger partial charge >= 0.3 is 6.03 Å². The number of hydrogen-bond donors (Lipinski definition) is 4. The fourth-order valence-corrected chi connectivity index (χ4v) is 3.19. The number of benzene rings is 1. The highest BCUT2D eigenvalue weighted by molar-refractivity contribution is 5.95. The molecule has 0 bridgehead atoms. The van der Waals surface area contributed by atoms with E-state index >= 15 is 0 Å². The standard InChI is InChI=1S/C27H28FN5O3/c1-4-7-20(32-27(35)33-23-14-18(3)9-10-22(23)28)8-6-13-36-21-11-12-30-25(16-21)24-15-19(17-31-24)26(34)29-5-2/h4,6-12,14-17,31H,1,5,13H2,2-3H3,(H,29,34)(H2,32,33,35)/b8-6-,20-7+. The summed E-state index contributed by atoms with van der Waals surface area (Å²) in [6.07, 6.45) is 9.73. The molecule has 2 aromatic heterocycles. The molecule has 0 atom stereocenters. The summed E-state index contributed by atoms with van der Waals surface area (Å²) in [4.78, 5) is 31.7. The number of carbonyl (C=O) groups excluding carboxylic acids is 2. The van der Waals surface area contributed by atoms with Crippen molar-refractivity contribution in [2.45, 2.75) is 13.8 Å². The number of aromatic amines is 1. The molecule has 36 heavy (non-hydrogen) atoms. The number of carbonyl (C=O) groups is 2. The van der Waals surface area contributed by atoms with Crippen LogP contribution in [0.4, 0.5) is 14.9 Å². The molecule has 0 radical (unpaired) electrons. The molecule has 0 fully saturated rings. The lowest BCUT2D eigenvalue weighted by atomic mass is 10.2. The summed E-state index contributed by atoms with van der Waals surface area (Å²) in [5, 5.41) is 7.89. The first kappa shape index (κ1) is 26.0. The number of aromatic nitrogens is 2. The Bertz CT molecular complexity index is 1300. The number of urea groups is 1. The summed E-state index contributed by atoms with van der Waals surface area (Å²) >= 11 is 0. The summed E-state index contributed by atoms with van der Waals surface area (Å²) in [7, 11) is 0. The Labute approximate surface area is 209 Å². The van der Waals surface area contributed by atoms with Crippen LogP contribution in [0, 0.1) is 12.7 Å². The number of anilines is 1. The van der Waals surface area contributed by atoms with Gasteiger partial charge in [-0.15, -0.1) is 0 Å². The molecule has 0 aliphatic carbocycles. The van der Waals surface area contributed by atoms with Crippen LogP contribution >= 0.6 is 0 Å². The third-order valence-electron chi connectivity index (χ3n) is 4.86. The average molecular weight is 490 g/mol. The molecule has 0 aliphatic rings. The number of allylic oxidation sites excluding steroid dienone is 3. The van der Waals surface area contributed by atoms with Gasteiger partial charge in [0, 0.05) is 30.7 Å². The Morgan fingerprint density at radius 3 is 2.83 bits per heavy atom. The van der Waals surface area contributed by atoms with Gasteiger partial charge in [0.2, 0.25) is 0 Å². The number of halogens is 1. The van der Waals surface area contributed by atoms with Crippen molar-refractivity contribution in [3.8, 4) is 17.1 Å². The molecule has 0 saturated carbocycles. The van der Waals surface area contributed by atoms with Crippen LogP contribution in [0.1, 0.15) is 22.8 Å². The van der Waals surface area contributed by atoms with E-state index in [9.17, 15) is 14.0 Å². The quantitative estimate of drug-likeness (QED) is 0.297. The first-order chi connectivity index (χ1) is 17.4. The molecular weight excluding hydrogens is 461 g/mol. The van der Waals surface area contributed by atoms with E-state index in [0.29, 0.717) is 34.9 Å². The van der Waals surface area contributed by atoms with Crippen molar-refractivity contribution in [3.05, 3.63) is 102 Å². The van der Waals surface area contributed by atoms with Gasteiger partial charge in [-0.05, 0) is 61.9 Å². The zero-order valence-electron chi connectivity index (χ0n) is 20.1. The second kappa shape index (κ2) is 12.7. The second-order valence-electron chi connectivity index (χ2n) is 7.67. The lowest BCUT2D eigenvalue weighted by Crippen LogP contribution is -2.28. The van der Waals surface area contributed by atoms with Gasteiger partial charge in [0.05, 0.1) is 22.6 Å². The summed E-state index contributed by atoms with van der Waals surface area (Å²) in [6, 6.07) is 9.07. The van der Waals surface area contributed by atoms with E-state index in [1.165, 1.54) is 12.1 Å². The maximum Gasteiger partial charge on any atom is 0.323 e. The Morgan fingerprint density at radius 1 is 1.22 bits per heavy atom. The molecule has 0 spiro atoms. The zero-order chi connectivity index (χ0) is 25.9. The lowest BCUT2D eigenvalue weighted by molar-refractivity contribution is 0.0956. The van der Waals surface area contributed by atoms with Crippen molar-refractivity contribution in [3.63, 3.8) is 0 Å². The smallest absolute Gasteiger partial charge is 0.323 e. The van der Waals surface area contributed by atoms with Crippen LogP contribution < -0.4 is 20.7 Å². The summed E-state index contributed by atoms with van der Waals surface area (Å²) < 4.78 is 19.7. The minimum Gasteiger partial charge on any atom is -0.489 e. The maximum absolute atomic E-state index is 13.9. The van der Waals surface area contributed by atoms with Crippen LogP contribution in [0.5, 0.6) is 5.75 Å². The van der Waals surface area contributed by atoms with E-state index in [1.807, 2.05) is 6.92 Å². The highest BCUT2D eigenvalue weighted by atomic mass is 19.1. The van der Waals surface area contributed by atoms with Gasteiger partial charge in [-0.25, -0.2) is 9.18 Å². The average Bonchev–Trinajstić information content (AvgIpc) is 3.35. The molecule has 0 aliphatic heterocycles. The van der Waals surface area contributed by atoms with E-state index in [0.717, 1.165) is 5.56 Å². The fourth-order valence-electron chi connectivity index (χ4n) is 3.19. The fraction of sp³-hybridized carbons (Fsp3) is 0.148. The van der Waals surface area contributed by atoms with Gasteiger partial charge in [0.25, 0.3) is 5.91 Å². The first-order valence-electron chi connectivity index (χ1n) is 11.3. The minimum absolute atomic E-state index is 0.0893. The third kappa shape index (κ3) is 7.42. The monoisotopic (exact) mass is 489 g/mol. The number of hydrogen-bond acceptors (Lipinski definition) is 4. The number of pyridine rings is 1. The van der Waals surface area contributed by atoms with Gasteiger partial charge in [-0.2, -0.15) is 0 Å². The van der Waals surface area contributed by atoms with E-state index in [-0.39, 0.29) is 18.2 Å². The lowest BCUT2D eigenvalue weighted by Gasteiger charge is -2.10. The van der Waals surface area contributed by atoms with Crippen molar-refractivity contribution >= 4 is 17.6 Å². The molecule has 4 N–H and O–H groups in total. The molecule has 0 unspecified atom stereocenters. The SMILES string of the molecule is C=C/C=C(\C=C/COc1ccnc(-c2cc(C(=O)NCC)c[nH]2)c1)NC(=O)Nc1cc(C)ccc1F. The molecule has 3 amide bonds. The van der Waals surface area contributed by atoms with Crippen molar-refractivity contribution in [1.29, 1.82) is 0 Å². The predicted octanol–water partition coefficient (Wildman–Crippen LogP) is 5.10. The van der Waals surface area contributed by atoms with Gasteiger partial charge in [-0.3, -0.25) is 9.78 Å². The van der Waals surface area contributed by atoms with Crippen LogP contribution in [0.3, 0.4) is 0 Å². The van der Waals surface area contributed by atoms with Crippen molar-refractivity contribution in [1.82, 2.24) is 20.6 Å². The Kier molecular flexibility index (Phi) is 9.16. The number of H-pyrrole nitrogens is 1. The summed E-state index contributed by atoms with van der Waals surface area (Å²) in [6.45, 7) is 8.07. The molecule has 1 aromatic carbocycles. The molecule has 8 nitrogen and oxygen atoms in total. The van der Waals surface area contributed by atoms with E-state index in [1.54, 1.807) is 67.9 Å². The van der Waals surface area contributed by atoms with Crippen LogP contribution in [0.15, 0.2) is 85.4 Å². The van der Waals surface area contributed by atoms with Crippen LogP contribution in [0.25, 0.3) is 11.4 Å². The number of rotatable bonds is 10. The Morgan fingerprint density at radius 2 is 2.06 bits per heavy atom. The second-order valence-corrected chi connectivity index (χ2v) is 7.67. The number of ether oxygens (including phenoxy) is 1. The Balaban J connectivity index is 1.57. The number of nitrogens with one attached hydrogen (secondary N) is 4. The largest absolute Gasteiger partial charge is 0.489 e. The van der Waals surface area contributed by atoms with Crippen LogP contribution in [-0.4, -0.2) is 35.1 Å². The number of aryl methyl sites for hydroxylation is 1. The predicted molar refractivity (Wildman–Crippen MR) is 138 cm³/mol. The van der Waals surface area contributed by atoms with Gasteiger partial charge < -0.3 is 25.7 Å². The molecule has 3 aromatic rings. The minimum atomic E-state index is -0.588. The molecule has 2 heterocycles. The van der Waals surface area contributed by atoms with Crippen LogP contribution in [-0.2, 0) is 0 Å². The normalized spacial score (nSPS) is 11.2. The van der Waals surface area contributed by atoms with Crippen LogP contribution in [0.2, 0.25) is 0 Å². The van der Waals surface area contributed by atoms with Crippen molar-refractivity contribution < 1.29 is 18.7 Å². The molecule has 0 saturated heterocycles. The maximum atomic E-state index is 13.9. The zero-order valence-corrected chi connectivity index (χ0v) is 20.1. The molecule has 9 heteroatoms. The molecule has 186 valence electrons. The first-order valence-corrected chi connectivity index (χ1v) is 11.3. The van der Waals surface area contributed by atoms with Gasteiger partial charge in [0.1, 0.15) is 18.2 Å². The van der Waals surface area contributed by atoms with E-state index in [2.05, 4.69) is 32.5 Å². The number of nitrogens with zero attached hydrogens (tertiary/aromatic N) is 1. The van der Waals surface area contributed by atoms with E-state index < -0.39 is 11.8 Å². The van der Waals surface area contributed by atoms with Gasteiger partial charge in [-0.1, -0.05) is 18.7 Å². The summed E-state index contributed by atoms with van der Waals surface area (Å²) in [5.41, 5.74) is 3.19. The third-order valence-corrected chi connectivity index (χ3v) is 4.86. The summed E-state index contributed by atoms with van der Waals surface area (Å²) in [5.74, 6) is -0.105. The highest BCUT2D eigenvalue weighted by Gasteiger charge is 2.10. The van der Waals surface area contributed by atoms with Crippen molar-refractivity contribution in [2.75, 3.05) is 18.5 Å². The molecular formula is C27H28FN5O3. The van der Waals surface area contributed by atoms with Crippen molar-refractivity contribution in [2.24, 2.45) is 0 Å². The highest BCUT2D eigenvalue weighted by Crippen LogP contribution is 2.21. The van der Waals surface area contributed by atoms with Gasteiger partial charge in [0.15, 0.2) is 0 Å².